The minimum absolute atomic E-state index is 0.132. The zero-order valence-electron chi connectivity index (χ0n) is 11.6. The van der Waals surface area contributed by atoms with E-state index < -0.39 is 41.6 Å². The molecule has 1 aliphatic rings. The Balaban J connectivity index is 2.26. The van der Waals surface area contributed by atoms with Crippen molar-refractivity contribution in [2.45, 2.75) is 9.79 Å². The number of hydrogen-bond donors (Lipinski definition) is 2. The highest BCUT2D eigenvalue weighted by molar-refractivity contribution is 7.86. The van der Waals surface area contributed by atoms with Gasteiger partial charge in [0.2, 0.25) is 0 Å². The van der Waals surface area contributed by atoms with E-state index in [2.05, 4.69) is 0 Å². The Morgan fingerprint density at radius 3 is 1.21 bits per heavy atom. The zero-order valence-corrected chi connectivity index (χ0v) is 13.3. The lowest BCUT2D eigenvalue weighted by molar-refractivity contribution is 0.0978. The third-order valence-corrected chi connectivity index (χ3v) is 5.26. The molecule has 0 aliphatic heterocycles. The highest BCUT2D eigenvalue weighted by Gasteiger charge is 2.32. The van der Waals surface area contributed by atoms with Gasteiger partial charge in [0.15, 0.2) is 11.6 Å². The standard InChI is InChI=1S/C14H8O8S2/c15-13-9-3-1-7(23(17,18)19)5-11(9)14(16)10-4-2-8(6-12(10)13)24(20,21)22/h1-6H,(H,17,18,19)(H,20,21,22). The largest absolute Gasteiger partial charge is 0.294 e. The van der Waals surface area contributed by atoms with E-state index >= 15 is 0 Å². The first-order valence-electron chi connectivity index (χ1n) is 6.32. The number of fused-ring (bicyclic) bond motifs is 2. The molecule has 2 N–H and O–H groups in total. The van der Waals surface area contributed by atoms with Gasteiger partial charge in [-0.1, -0.05) is 0 Å². The molecule has 0 aromatic heterocycles. The van der Waals surface area contributed by atoms with Crippen LogP contribution >= 0.6 is 0 Å². The third-order valence-electron chi connectivity index (χ3n) is 3.56. The van der Waals surface area contributed by atoms with Crippen molar-refractivity contribution < 1.29 is 35.5 Å². The van der Waals surface area contributed by atoms with Crippen LogP contribution in [0.4, 0.5) is 0 Å². The second kappa shape index (κ2) is 5.05. The molecular formula is C14H8O8S2. The van der Waals surface area contributed by atoms with Gasteiger partial charge in [0.25, 0.3) is 20.2 Å². The monoisotopic (exact) mass is 368 g/mol. The first-order chi connectivity index (χ1) is 11.0. The maximum atomic E-state index is 12.5. The summed E-state index contributed by atoms with van der Waals surface area (Å²) in [4.78, 5) is 23.8. The number of hydrogen-bond acceptors (Lipinski definition) is 6. The quantitative estimate of drug-likeness (QED) is 0.637. The number of rotatable bonds is 2. The summed E-state index contributed by atoms with van der Waals surface area (Å²) < 4.78 is 62.8. The summed E-state index contributed by atoms with van der Waals surface area (Å²) in [7, 11) is -9.11. The van der Waals surface area contributed by atoms with E-state index in [-0.39, 0.29) is 22.3 Å². The predicted molar refractivity (Wildman–Crippen MR) is 79.4 cm³/mol. The summed E-state index contributed by atoms with van der Waals surface area (Å²) in [5.41, 5.74) is -0.704. The molecule has 0 saturated carbocycles. The number of carbonyl (C=O) groups excluding carboxylic acids is 2. The summed E-state index contributed by atoms with van der Waals surface area (Å²) in [5, 5.41) is 0. The van der Waals surface area contributed by atoms with Crippen LogP contribution in [0.1, 0.15) is 31.8 Å². The maximum absolute atomic E-state index is 12.5. The van der Waals surface area contributed by atoms with Crippen molar-refractivity contribution in [1.29, 1.82) is 0 Å². The van der Waals surface area contributed by atoms with E-state index in [0.717, 1.165) is 36.4 Å². The van der Waals surface area contributed by atoms with Crippen LogP contribution in [0, 0.1) is 0 Å². The van der Waals surface area contributed by atoms with Crippen LogP contribution in [0.25, 0.3) is 0 Å². The normalized spacial score (nSPS) is 14.2. The molecule has 0 unspecified atom stereocenters. The highest BCUT2D eigenvalue weighted by atomic mass is 32.2. The van der Waals surface area contributed by atoms with Crippen molar-refractivity contribution in [3.63, 3.8) is 0 Å². The van der Waals surface area contributed by atoms with E-state index in [4.69, 9.17) is 9.11 Å². The topological polar surface area (TPSA) is 143 Å². The van der Waals surface area contributed by atoms with Gasteiger partial charge in [0.1, 0.15) is 0 Å². The lowest BCUT2D eigenvalue weighted by atomic mass is 9.84. The second-order valence-corrected chi connectivity index (χ2v) is 7.87. The van der Waals surface area contributed by atoms with Gasteiger partial charge < -0.3 is 0 Å². The van der Waals surface area contributed by atoms with Gasteiger partial charge in [0, 0.05) is 22.3 Å². The first-order valence-corrected chi connectivity index (χ1v) is 9.20. The second-order valence-electron chi connectivity index (χ2n) is 5.02. The molecule has 0 atom stereocenters. The van der Waals surface area contributed by atoms with E-state index in [1.165, 1.54) is 0 Å². The van der Waals surface area contributed by atoms with Crippen molar-refractivity contribution in [3.05, 3.63) is 58.7 Å². The summed E-state index contributed by atoms with van der Waals surface area (Å²) in [6.07, 6.45) is 0. The van der Waals surface area contributed by atoms with Gasteiger partial charge >= 0.3 is 0 Å². The fraction of sp³-hybridized carbons (Fsp3) is 0. The molecule has 0 spiro atoms. The fourth-order valence-corrected chi connectivity index (χ4v) is 3.44. The van der Waals surface area contributed by atoms with Gasteiger partial charge in [-0.25, -0.2) is 0 Å². The minimum atomic E-state index is -4.56. The van der Waals surface area contributed by atoms with E-state index in [1.54, 1.807) is 0 Å². The number of ketones is 2. The Morgan fingerprint density at radius 1 is 0.583 bits per heavy atom. The Labute approximate surface area is 136 Å². The van der Waals surface area contributed by atoms with E-state index in [1.807, 2.05) is 0 Å². The first kappa shape index (κ1) is 16.5. The van der Waals surface area contributed by atoms with Crippen LogP contribution in [0.2, 0.25) is 0 Å². The van der Waals surface area contributed by atoms with Gasteiger partial charge in [0.05, 0.1) is 9.79 Å². The molecule has 3 rings (SSSR count). The highest BCUT2D eigenvalue weighted by Crippen LogP contribution is 2.30. The molecule has 0 radical (unpaired) electrons. The van der Waals surface area contributed by atoms with Crippen LogP contribution in [-0.2, 0) is 20.2 Å². The van der Waals surface area contributed by atoms with Crippen molar-refractivity contribution in [2.75, 3.05) is 0 Å². The molecule has 2 aromatic carbocycles. The Morgan fingerprint density at radius 2 is 0.917 bits per heavy atom. The average Bonchev–Trinajstić information content (AvgIpc) is 2.49. The van der Waals surface area contributed by atoms with Crippen molar-refractivity contribution in [1.82, 2.24) is 0 Å². The predicted octanol–water partition coefficient (Wildman–Crippen LogP) is 0.955. The number of benzene rings is 2. The molecule has 0 saturated heterocycles. The lowest BCUT2D eigenvalue weighted by Gasteiger charge is -2.18. The Hall–Kier alpha value is -2.40. The SMILES string of the molecule is O=C1c2ccc(S(=O)(=O)O)cc2C(=O)c2ccc(S(=O)(=O)O)cc21. The summed E-state index contributed by atoms with van der Waals surface area (Å²) in [6, 6.07) is 5.78. The van der Waals surface area contributed by atoms with Crippen molar-refractivity contribution in [3.8, 4) is 0 Å². The van der Waals surface area contributed by atoms with Crippen LogP contribution in [0.3, 0.4) is 0 Å². The molecule has 1 aliphatic carbocycles. The van der Waals surface area contributed by atoms with Crippen LogP contribution < -0.4 is 0 Å². The van der Waals surface area contributed by atoms with Crippen LogP contribution in [0.15, 0.2) is 46.2 Å². The Bertz CT molecular complexity index is 1040. The Kier molecular flexibility index (Phi) is 3.46. The van der Waals surface area contributed by atoms with E-state index in [9.17, 15) is 26.4 Å². The zero-order chi connectivity index (χ0) is 17.9. The summed E-state index contributed by atoms with van der Waals surface area (Å²) >= 11 is 0. The van der Waals surface area contributed by atoms with Gasteiger partial charge in [-0.2, -0.15) is 16.8 Å². The number of carbonyl (C=O) groups is 2. The molecule has 0 fully saturated rings. The molecule has 24 heavy (non-hydrogen) atoms. The lowest BCUT2D eigenvalue weighted by Crippen LogP contribution is -2.22. The van der Waals surface area contributed by atoms with Crippen LogP contribution in [-0.4, -0.2) is 37.5 Å². The molecule has 10 heteroatoms. The average molecular weight is 368 g/mol. The molecule has 0 amide bonds. The van der Waals surface area contributed by atoms with Crippen molar-refractivity contribution >= 4 is 31.8 Å². The summed E-state index contributed by atoms with van der Waals surface area (Å²) in [5.74, 6) is -1.40. The third kappa shape index (κ3) is 2.55. The van der Waals surface area contributed by atoms with E-state index in [0.29, 0.717) is 0 Å². The van der Waals surface area contributed by atoms with Crippen molar-refractivity contribution in [2.24, 2.45) is 0 Å². The molecule has 124 valence electrons. The summed E-state index contributed by atoms with van der Waals surface area (Å²) in [6.45, 7) is 0. The smallest absolute Gasteiger partial charge is 0.289 e. The molecule has 0 heterocycles. The van der Waals surface area contributed by atoms with Crippen LogP contribution in [0.5, 0.6) is 0 Å². The molecule has 2 aromatic rings. The van der Waals surface area contributed by atoms with Gasteiger partial charge in [-0.15, -0.1) is 0 Å². The molecular weight excluding hydrogens is 360 g/mol. The molecule has 0 bridgehead atoms. The van der Waals surface area contributed by atoms with Gasteiger partial charge in [-0.3, -0.25) is 18.7 Å². The van der Waals surface area contributed by atoms with Gasteiger partial charge in [-0.05, 0) is 36.4 Å². The maximum Gasteiger partial charge on any atom is 0.294 e. The fourth-order valence-electron chi connectivity index (χ4n) is 2.43. The minimum Gasteiger partial charge on any atom is -0.289 e. The molecule has 8 nitrogen and oxygen atoms in total.